The van der Waals surface area contributed by atoms with E-state index in [1.165, 1.54) is 61.7 Å². The van der Waals surface area contributed by atoms with E-state index in [2.05, 4.69) is 10.4 Å². The molecule has 33 heavy (non-hydrogen) atoms. The quantitative estimate of drug-likeness (QED) is 0.601. The first-order chi connectivity index (χ1) is 15.5. The summed E-state index contributed by atoms with van der Waals surface area (Å²) in [5.41, 5.74) is -0.0475. The molecule has 0 bridgehead atoms. The summed E-state index contributed by atoms with van der Waals surface area (Å²) in [4.78, 5) is 26.8. The lowest BCUT2D eigenvalue weighted by Gasteiger charge is -2.18. The first-order valence-corrected chi connectivity index (χ1v) is 9.57. The lowest BCUT2D eigenvalue weighted by Crippen LogP contribution is -2.24. The van der Waals surface area contributed by atoms with Crippen LogP contribution in [0.15, 0.2) is 48.7 Å². The standard InChI is InChI=1S/C22H21F3N4O4/c1-28(2)21(31)15-11-17(32-3)18(33-4)12-16(15)26-20(30)13-5-7-14(8-6-13)29-10-9-19(27-29)22(23,24)25/h5-12H,1-4H3,(H,26,30). The maximum Gasteiger partial charge on any atom is 0.435 e. The topological polar surface area (TPSA) is 85.7 Å². The van der Waals surface area contributed by atoms with Gasteiger partial charge in [0, 0.05) is 31.9 Å². The number of amides is 2. The molecule has 0 aliphatic rings. The number of hydrogen-bond donors (Lipinski definition) is 1. The number of carbonyl (C=O) groups is 2. The second kappa shape index (κ2) is 9.23. The van der Waals surface area contributed by atoms with Gasteiger partial charge < -0.3 is 19.7 Å². The Morgan fingerprint density at radius 1 is 1.00 bits per heavy atom. The van der Waals surface area contributed by atoms with Crippen LogP contribution in [-0.4, -0.2) is 54.8 Å². The zero-order valence-electron chi connectivity index (χ0n) is 18.2. The van der Waals surface area contributed by atoms with Crippen LogP contribution in [0, 0.1) is 0 Å². The molecule has 0 atom stereocenters. The van der Waals surface area contributed by atoms with Crippen molar-refractivity contribution in [3.8, 4) is 17.2 Å². The van der Waals surface area contributed by atoms with Crippen molar-refractivity contribution < 1.29 is 32.2 Å². The number of alkyl halides is 3. The molecule has 0 aliphatic heterocycles. The van der Waals surface area contributed by atoms with Crippen LogP contribution >= 0.6 is 0 Å². The number of methoxy groups -OCH3 is 2. The van der Waals surface area contributed by atoms with Gasteiger partial charge in [-0.3, -0.25) is 9.59 Å². The molecule has 0 unspecified atom stereocenters. The molecule has 0 saturated carbocycles. The number of benzene rings is 2. The molecule has 0 radical (unpaired) electrons. The van der Waals surface area contributed by atoms with Gasteiger partial charge >= 0.3 is 6.18 Å². The largest absolute Gasteiger partial charge is 0.493 e. The number of anilines is 1. The monoisotopic (exact) mass is 462 g/mol. The minimum atomic E-state index is -4.55. The van der Waals surface area contributed by atoms with Crippen molar-refractivity contribution in [1.82, 2.24) is 14.7 Å². The van der Waals surface area contributed by atoms with Crippen LogP contribution < -0.4 is 14.8 Å². The number of halogens is 3. The summed E-state index contributed by atoms with van der Waals surface area (Å²) in [6.45, 7) is 0. The molecule has 174 valence electrons. The fourth-order valence-corrected chi connectivity index (χ4v) is 2.98. The summed E-state index contributed by atoms with van der Waals surface area (Å²) < 4.78 is 49.9. The van der Waals surface area contributed by atoms with E-state index < -0.39 is 17.8 Å². The van der Waals surface area contributed by atoms with Crippen LogP contribution in [0.1, 0.15) is 26.4 Å². The Balaban J connectivity index is 1.88. The summed E-state index contributed by atoms with van der Waals surface area (Å²) >= 11 is 0. The van der Waals surface area contributed by atoms with Crippen LogP contribution in [0.2, 0.25) is 0 Å². The molecule has 0 spiro atoms. The smallest absolute Gasteiger partial charge is 0.435 e. The molecule has 2 amide bonds. The van der Waals surface area contributed by atoms with Gasteiger partial charge in [-0.05, 0) is 36.4 Å². The Morgan fingerprint density at radius 3 is 2.12 bits per heavy atom. The molecular weight excluding hydrogens is 441 g/mol. The molecule has 0 aliphatic carbocycles. The molecular formula is C22H21F3N4O4. The molecule has 0 saturated heterocycles. The van der Waals surface area contributed by atoms with Crippen LogP contribution in [0.4, 0.5) is 18.9 Å². The van der Waals surface area contributed by atoms with E-state index in [9.17, 15) is 22.8 Å². The Labute approximate surface area is 187 Å². The van der Waals surface area contributed by atoms with Crippen molar-refractivity contribution in [1.29, 1.82) is 0 Å². The Morgan fingerprint density at radius 2 is 1.61 bits per heavy atom. The molecule has 1 N–H and O–H groups in total. The van der Waals surface area contributed by atoms with Crippen LogP contribution in [0.25, 0.3) is 5.69 Å². The van der Waals surface area contributed by atoms with E-state index in [0.717, 1.165) is 10.7 Å². The maximum atomic E-state index is 12.8. The third-order valence-corrected chi connectivity index (χ3v) is 4.68. The average Bonchev–Trinajstić information content (AvgIpc) is 3.29. The summed E-state index contributed by atoms with van der Waals surface area (Å²) in [7, 11) is 6.00. The summed E-state index contributed by atoms with van der Waals surface area (Å²) in [6, 6.07) is 9.60. The van der Waals surface area contributed by atoms with Gasteiger partial charge in [0.15, 0.2) is 17.2 Å². The average molecular weight is 462 g/mol. The van der Waals surface area contributed by atoms with Crippen LogP contribution in [-0.2, 0) is 6.18 Å². The van der Waals surface area contributed by atoms with Crippen molar-refractivity contribution in [3.05, 3.63) is 65.5 Å². The summed E-state index contributed by atoms with van der Waals surface area (Å²) in [5, 5.41) is 6.18. The zero-order chi connectivity index (χ0) is 24.3. The third kappa shape index (κ3) is 5.08. The van der Waals surface area contributed by atoms with Crippen molar-refractivity contribution in [3.63, 3.8) is 0 Å². The van der Waals surface area contributed by atoms with Crippen molar-refractivity contribution in [2.24, 2.45) is 0 Å². The number of nitrogens with one attached hydrogen (secondary N) is 1. The lowest BCUT2D eigenvalue weighted by atomic mass is 10.1. The molecule has 0 fully saturated rings. The number of aromatic nitrogens is 2. The molecule has 3 aromatic rings. The number of ether oxygens (including phenoxy) is 2. The van der Waals surface area contributed by atoms with Gasteiger partial charge in [-0.1, -0.05) is 0 Å². The predicted molar refractivity (Wildman–Crippen MR) is 114 cm³/mol. The minimum absolute atomic E-state index is 0.193. The Hall–Kier alpha value is -4.02. The second-order valence-electron chi connectivity index (χ2n) is 7.10. The Bertz CT molecular complexity index is 1170. The van der Waals surface area contributed by atoms with Crippen molar-refractivity contribution >= 4 is 17.5 Å². The zero-order valence-corrected chi connectivity index (χ0v) is 18.2. The molecule has 11 heteroatoms. The minimum Gasteiger partial charge on any atom is -0.493 e. The van der Waals surface area contributed by atoms with E-state index >= 15 is 0 Å². The lowest BCUT2D eigenvalue weighted by molar-refractivity contribution is -0.141. The third-order valence-electron chi connectivity index (χ3n) is 4.68. The molecule has 1 heterocycles. The van der Waals surface area contributed by atoms with Gasteiger partial charge in [0.1, 0.15) is 0 Å². The van der Waals surface area contributed by atoms with Crippen LogP contribution in [0.3, 0.4) is 0 Å². The highest BCUT2D eigenvalue weighted by atomic mass is 19.4. The van der Waals surface area contributed by atoms with Gasteiger partial charge in [0.2, 0.25) is 0 Å². The summed E-state index contributed by atoms with van der Waals surface area (Å²) in [5.74, 6) is -0.251. The highest BCUT2D eigenvalue weighted by Gasteiger charge is 2.33. The number of nitrogens with zero attached hydrogens (tertiary/aromatic N) is 3. The van der Waals surface area contributed by atoms with E-state index in [-0.39, 0.29) is 22.7 Å². The summed E-state index contributed by atoms with van der Waals surface area (Å²) in [6.07, 6.45) is -3.37. The predicted octanol–water partition coefficient (Wildman–Crippen LogP) is 3.86. The van der Waals surface area contributed by atoms with Gasteiger partial charge in [0.05, 0.1) is 31.2 Å². The number of rotatable bonds is 6. The van der Waals surface area contributed by atoms with Crippen molar-refractivity contribution in [2.45, 2.75) is 6.18 Å². The molecule has 2 aromatic carbocycles. The molecule has 3 rings (SSSR count). The number of carbonyl (C=O) groups excluding carboxylic acids is 2. The molecule has 1 aromatic heterocycles. The highest BCUT2D eigenvalue weighted by Crippen LogP contribution is 2.34. The SMILES string of the molecule is COc1cc(NC(=O)c2ccc(-n3ccc(C(F)(F)F)n3)cc2)c(C(=O)N(C)C)cc1OC. The molecule has 8 nitrogen and oxygen atoms in total. The van der Waals surface area contributed by atoms with Gasteiger partial charge in [-0.15, -0.1) is 0 Å². The fourth-order valence-electron chi connectivity index (χ4n) is 2.98. The van der Waals surface area contributed by atoms with E-state index in [1.807, 2.05) is 0 Å². The van der Waals surface area contributed by atoms with E-state index in [4.69, 9.17) is 9.47 Å². The maximum absolute atomic E-state index is 12.8. The van der Waals surface area contributed by atoms with E-state index in [0.29, 0.717) is 17.2 Å². The highest BCUT2D eigenvalue weighted by molar-refractivity contribution is 6.09. The Kier molecular flexibility index (Phi) is 6.61. The van der Waals surface area contributed by atoms with Gasteiger partial charge in [-0.25, -0.2) is 4.68 Å². The first-order valence-electron chi connectivity index (χ1n) is 9.57. The van der Waals surface area contributed by atoms with Gasteiger partial charge in [-0.2, -0.15) is 18.3 Å². The number of hydrogen-bond acceptors (Lipinski definition) is 5. The first kappa shape index (κ1) is 23.6. The van der Waals surface area contributed by atoms with Gasteiger partial charge in [0.25, 0.3) is 11.8 Å². The fraction of sp³-hybridized carbons (Fsp3) is 0.227. The van der Waals surface area contributed by atoms with E-state index in [1.54, 1.807) is 14.1 Å². The normalized spacial score (nSPS) is 11.1. The second-order valence-corrected chi connectivity index (χ2v) is 7.10. The van der Waals surface area contributed by atoms with Crippen molar-refractivity contribution in [2.75, 3.05) is 33.6 Å². The van der Waals surface area contributed by atoms with Crippen LogP contribution in [0.5, 0.6) is 11.5 Å².